The summed E-state index contributed by atoms with van der Waals surface area (Å²) in [6.45, 7) is 5.41. The molecule has 108 valence electrons. The van der Waals surface area contributed by atoms with E-state index < -0.39 is 0 Å². The molecule has 0 saturated carbocycles. The van der Waals surface area contributed by atoms with E-state index in [0.717, 1.165) is 16.7 Å². The standard InChI is InChI=1S/C15H18BrFN2S/c1-3-19(12-6-4-5-11(17)7-12)14(9-18)15-8-13(16)10(2)20-15/h4-8,14H,3,9,18H2,1-2H3. The van der Waals surface area contributed by atoms with Crippen molar-refractivity contribution in [3.63, 3.8) is 0 Å². The average molecular weight is 357 g/mol. The Morgan fingerprint density at radius 1 is 1.40 bits per heavy atom. The van der Waals surface area contributed by atoms with E-state index in [1.54, 1.807) is 23.5 Å². The average Bonchev–Trinajstić information content (AvgIpc) is 2.75. The van der Waals surface area contributed by atoms with Crippen molar-refractivity contribution >= 4 is 33.0 Å². The lowest BCUT2D eigenvalue weighted by Crippen LogP contribution is -2.33. The molecule has 1 aromatic carbocycles. The number of hydrogen-bond acceptors (Lipinski definition) is 3. The molecule has 5 heteroatoms. The molecule has 1 atom stereocenters. The number of anilines is 1. The van der Waals surface area contributed by atoms with Crippen molar-refractivity contribution in [2.24, 2.45) is 5.73 Å². The van der Waals surface area contributed by atoms with Crippen LogP contribution in [-0.2, 0) is 0 Å². The summed E-state index contributed by atoms with van der Waals surface area (Å²) in [5.41, 5.74) is 6.84. The Labute approximate surface area is 131 Å². The number of nitrogens with zero attached hydrogens (tertiary/aromatic N) is 1. The smallest absolute Gasteiger partial charge is 0.125 e. The first-order valence-electron chi connectivity index (χ1n) is 6.55. The van der Waals surface area contributed by atoms with Crippen molar-refractivity contribution < 1.29 is 4.39 Å². The highest BCUT2D eigenvalue weighted by Crippen LogP contribution is 2.35. The molecule has 0 amide bonds. The lowest BCUT2D eigenvalue weighted by Gasteiger charge is -2.31. The Kier molecular flexibility index (Phi) is 5.18. The zero-order chi connectivity index (χ0) is 14.7. The molecular weight excluding hydrogens is 339 g/mol. The van der Waals surface area contributed by atoms with Gasteiger partial charge in [0.15, 0.2) is 0 Å². The van der Waals surface area contributed by atoms with Crippen molar-refractivity contribution in [1.29, 1.82) is 0 Å². The Hall–Kier alpha value is -0.910. The van der Waals surface area contributed by atoms with Crippen molar-refractivity contribution in [2.75, 3.05) is 18.0 Å². The molecule has 1 aromatic heterocycles. The van der Waals surface area contributed by atoms with Gasteiger partial charge in [0.25, 0.3) is 0 Å². The fourth-order valence-electron chi connectivity index (χ4n) is 2.28. The Balaban J connectivity index is 2.37. The van der Waals surface area contributed by atoms with Gasteiger partial charge in [-0.2, -0.15) is 0 Å². The molecule has 20 heavy (non-hydrogen) atoms. The fourth-order valence-corrected chi connectivity index (χ4v) is 3.97. The van der Waals surface area contributed by atoms with Gasteiger partial charge >= 0.3 is 0 Å². The van der Waals surface area contributed by atoms with Crippen LogP contribution in [0.5, 0.6) is 0 Å². The van der Waals surface area contributed by atoms with Crippen molar-refractivity contribution in [1.82, 2.24) is 0 Å². The van der Waals surface area contributed by atoms with Crippen LogP contribution in [0.15, 0.2) is 34.8 Å². The molecule has 2 nitrogen and oxygen atoms in total. The number of nitrogens with two attached hydrogens (primary N) is 1. The lowest BCUT2D eigenvalue weighted by molar-refractivity contribution is 0.618. The molecule has 0 fully saturated rings. The van der Waals surface area contributed by atoms with Crippen LogP contribution >= 0.6 is 27.3 Å². The molecule has 0 aliphatic rings. The van der Waals surface area contributed by atoms with E-state index in [0.29, 0.717) is 6.54 Å². The molecule has 0 radical (unpaired) electrons. The largest absolute Gasteiger partial charge is 0.363 e. The minimum Gasteiger partial charge on any atom is -0.363 e. The third kappa shape index (κ3) is 3.22. The van der Waals surface area contributed by atoms with Gasteiger partial charge in [0.05, 0.1) is 6.04 Å². The van der Waals surface area contributed by atoms with Crippen molar-refractivity contribution in [3.8, 4) is 0 Å². The number of rotatable bonds is 5. The van der Waals surface area contributed by atoms with E-state index in [2.05, 4.69) is 40.7 Å². The summed E-state index contributed by atoms with van der Waals surface area (Å²) in [5, 5.41) is 0. The van der Waals surface area contributed by atoms with Crippen LogP contribution in [0.2, 0.25) is 0 Å². The maximum atomic E-state index is 13.4. The van der Waals surface area contributed by atoms with Crippen LogP contribution in [-0.4, -0.2) is 13.1 Å². The van der Waals surface area contributed by atoms with Crippen LogP contribution in [0, 0.1) is 12.7 Å². The van der Waals surface area contributed by atoms with Crippen LogP contribution in [0.25, 0.3) is 0 Å². The summed E-state index contributed by atoms with van der Waals surface area (Å²) < 4.78 is 14.5. The number of aryl methyl sites for hydroxylation is 1. The predicted molar refractivity (Wildman–Crippen MR) is 88.0 cm³/mol. The quantitative estimate of drug-likeness (QED) is 0.855. The minimum absolute atomic E-state index is 0.0665. The third-order valence-electron chi connectivity index (χ3n) is 3.28. The molecule has 1 unspecified atom stereocenters. The van der Waals surface area contributed by atoms with E-state index >= 15 is 0 Å². The maximum absolute atomic E-state index is 13.4. The molecule has 0 saturated heterocycles. The molecular formula is C15H18BrFN2S. The van der Waals surface area contributed by atoms with Gasteiger partial charge in [-0.3, -0.25) is 0 Å². The Morgan fingerprint density at radius 2 is 2.15 bits per heavy atom. The predicted octanol–water partition coefficient (Wildman–Crippen LogP) is 4.48. The molecule has 1 heterocycles. The first kappa shape index (κ1) is 15.5. The van der Waals surface area contributed by atoms with Gasteiger partial charge in [0.2, 0.25) is 0 Å². The van der Waals surface area contributed by atoms with Gasteiger partial charge in [-0.25, -0.2) is 4.39 Å². The van der Waals surface area contributed by atoms with Gasteiger partial charge in [-0.05, 0) is 54.0 Å². The first-order chi connectivity index (χ1) is 9.56. The number of benzene rings is 1. The summed E-state index contributed by atoms with van der Waals surface area (Å²) in [6, 6.07) is 8.85. The van der Waals surface area contributed by atoms with Crippen LogP contribution in [0.3, 0.4) is 0 Å². The fraction of sp³-hybridized carbons (Fsp3) is 0.333. The summed E-state index contributed by atoms with van der Waals surface area (Å²) in [7, 11) is 0. The second-order valence-corrected chi connectivity index (χ2v) is 6.71. The maximum Gasteiger partial charge on any atom is 0.125 e. The van der Waals surface area contributed by atoms with Gasteiger partial charge in [-0.15, -0.1) is 11.3 Å². The van der Waals surface area contributed by atoms with Crippen LogP contribution < -0.4 is 10.6 Å². The molecule has 0 bridgehead atoms. The van der Waals surface area contributed by atoms with E-state index in [4.69, 9.17) is 5.73 Å². The molecule has 2 aromatic rings. The topological polar surface area (TPSA) is 29.3 Å². The van der Waals surface area contributed by atoms with Crippen molar-refractivity contribution in [3.05, 3.63) is 50.4 Å². The summed E-state index contributed by atoms with van der Waals surface area (Å²) in [5.74, 6) is -0.222. The molecule has 0 aliphatic heterocycles. The second kappa shape index (κ2) is 6.70. The number of hydrogen-bond donors (Lipinski definition) is 1. The van der Waals surface area contributed by atoms with Gasteiger partial charge in [-0.1, -0.05) is 6.07 Å². The highest BCUT2D eigenvalue weighted by atomic mass is 79.9. The van der Waals surface area contributed by atoms with E-state index in [9.17, 15) is 4.39 Å². The summed E-state index contributed by atoms with van der Waals surface area (Å²) in [4.78, 5) is 4.57. The monoisotopic (exact) mass is 356 g/mol. The number of halogens is 2. The van der Waals surface area contributed by atoms with E-state index in [-0.39, 0.29) is 11.9 Å². The Morgan fingerprint density at radius 3 is 2.65 bits per heavy atom. The highest BCUT2D eigenvalue weighted by molar-refractivity contribution is 9.10. The van der Waals surface area contributed by atoms with Crippen molar-refractivity contribution in [2.45, 2.75) is 19.9 Å². The van der Waals surface area contributed by atoms with E-state index in [1.165, 1.54) is 15.8 Å². The SMILES string of the molecule is CCN(c1cccc(F)c1)C(CN)c1cc(Br)c(C)s1. The molecule has 0 aliphatic carbocycles. The van der Waals surface area contributed by atoms with Gasteiger partial charge in [0, 0.05) is 33.0 Å². The molecule has 2 rings (SSSR count). The van der Waals surface area contributed by atoms with Gasteiger partial charge in [0.1, 0.15) is 5.82 Å². The van der Waals surface area contributed by atoms with E-state index in [1.807, 2.05) is 6.07 Å². The zero-order valence-electron chi connectivity index (χ0n) is 11.6. The molecule has 2 N–H and O–H groups in total. The summed E-state index contributed by atoms with van der Waals surface area (Å²) in [6.07, 6.45) is 0. The first-order valence-corrected chi connectivity index (χ1v) is 8.15. The molecule has 0 spiro atoms. The lowest BCUT2D eigenvalue weighted by atomic mass is 10.1. The Bertz CT molecular complexity index is 566. The third-order valence-corrected chi connectivity index (χ3v) is 5.52. The van der Waals surface area contributed by atoms with Gasteiger partial charge < -0.3 is 10.6 Å². The zero-order valence-corrected chi connectivity index (χ0v) is 14.0. The number of thiophene rings is 1. The highest BCUT2D eigenvalue weighted by Gasteiger charge is 2.21. The summed E-state index contributed by atoms with van der Waals surface area (Å²) >= 11 is 5.27. The number of likely N-dealkylation sites (N-methyl/N-ethyl adjacent to an activating group) is 1. The van der Waals surface area contributed by atoms with Crippen LogP contribution in [0.1, 0.15) is 22.7 Å². The minimum atomic E-state index is -0.222. The normalized spacial score (nSPS) is 12.4. The second-order valence-electron chi connectivity index (χ2n) is 4.57. The van der Waals surface area contributed by atoms with Crippen LogP contribution in [0.4, 0.5) is 10.1 Å².